The lowest BCUT2D eigenvalue weighted by Gasteiger charge is -2.11. The lowest BCUT2D eigenvalue weighted by Crippen LogP contribution is -1.99. The highest BCUT2D eigenvalue weighted by Crippen LogP contribution is 2.26. The van der Waals surface area contributed by atoms with Crippen molar-refractivity contribution in [1.82, 2.24) is 4.98 Å². The van der Waals surface area contributed by atoms with Crippen molar-refractivity contribution in [3.05, 3.63) is 68.8 Å². The van der Waals surface area contributed by atoms with Gasteiger partial charge in [-0.1, -0.05) is 29.5 Å². The summed E-state index contributed by atoms with van der Waals surface area (Å²) in [6, 6.07) is 14.2. The molecule has 1 aromatic heterocycles. The van der Waals surface area contributed by atoms with E-state index >= 15 is 0 Å². The minimum Gasteiger partial charge on any atom is -0.384 e. The Hall–Kier alpha value is -2.42. The van der Waals surface area contributed by atoms with Gasteiger partial charge in [0, 0.05) is 0 Å². The molecule has 20 heavy (non-hydrogen) atoms. The lowest BCUT2D eigenvalue weighted by molar-refractivity contribution is 0.220. The largest absolute Gasteiger partial charge is 0.384 e. The van der Waals surface area contributed by atoms with Crippen LogP contribution in [0.2, 0.25) is 0 Å². The quantitative estimate of drug-likeness (QED) is 0.758. The zero-order chi connectivity index (χ0) is 14.1. The van der Waals surface area contributed by atoms with Crippen molar-refractivity contribution in [3.63, 3.8) is 0 Å². The van der Waals surface area contributed by atoms with E-state index in [0.717, 1.165) is 27.1 Å². The van der Waals surface area contributed by atoms with Crippen LogP contribution in [0.15, 0.2) is 47.3 Å². The molecule has 98 valence electrons. The highest BCUT2D eigenvalue weighted by Gasteiger charge is 2.12. The number of aromatic nitrogens is 1. The summed E-state index contributed by atoms with van der Waals surface area (Å²) in [5.74, 6) is 0. The zero-order valence-corrected chi connectivity index (χ0v) is 11.1. The van der Waals surface area contributed by atoms with Crippen molar-refractivity contribution >= 4 is 21.6 Å². The fraction of sp³-hybridized carbons (Fsp3) is 0.0667. The normalized spacial score (nSPS) is 12.2. The van der Waals surface area contributed by atoms with Crippen molar-refractivity contribution in [2.75, 3.05) is 0 Å². The molecule has 2 aromatic carbocycles. The summed E-state index contributed by atoms with van der Waals surface area (Å²) in [6.45, 7) is 0. The third-order valence-corrected chi connectivity index (χ3v) is 3.96. The molecule has 2 N–H and O–H groups in total. The highest BCUT2D eigenvalue weighted by molar-refractivity contribution is 7.16. The number of aliphatic hydroxyl groups excluding tert-OH is 1. The van der Waals surface area contributed by atoms with Gasteiger partial charge in [0.1, 0.15) is 6.10 Å². The second kappa shape index (κ2) is 4.93. The van der Waals surface area contributed by atoms with E-state index in [9.17, 15) is 9.90 Å². The van der Waals surface area contributed by atoms with Crippen LogP contribution >= 0.6 is 11.3 Å². The van der Waals surface area contributed by atoms with Crippen LogP contribution in [-0.4, -0.2) is 10.1 Å². The van der Waals surface area contributed by atoms with Gasteiger partial charge in [0.25, 0.3) is 0 Å². The number of thiazole rings is 1. The van der Waals surface area contributed by atoms with Crippen LogP contribution < -0.4 is 4.87 Å². The Bertz CT molecular complexity index is 856. The molecule has 1 atom stereocenters. The maximum atomic E-state index is 11.3. The number of fused-ring (bicyclic) bond motifs is 1. The summed E-state index contributed by atoms with van der Waals surface area (Å²) in [7, 11) is 0. The molecule has 0 saturated carbocycles. The third-order valence-electron chi connectivity index (χ3n) is 3.12. The average molecular weight is 282 g/mol. The molecule has 0 fully saturated rings. The number of rotatable bonds is 2. The molecule has 0 spiro atoms. The summed E-state index contributed by atoms with van der Waals surface area (Å²) >= 11 is 1.12. The van der Waals surface area contributed by atoms with Gasteiger partial charge in [0.2, 0.25) is 0 Å². The number of nitrogens with one attached hydrogen (secondary N) is 1. The molecular formula is C15H10N2O2S. The van der Waals surface area contributed by atoms with Gasteiger partial charge < -0.3 is 10.1 Å². The molecule has 0 aliphatic heterocycles. The first-order valence-electron chi connectivity index (χ1n) is 5.98. The predicted octanol–water partition coefficient (Wildman–Crippen LogP) is 2.54. The summed E-state index contributed by atoms with van der Waals surface area (Å²) < 4.78 is 0.820. The van der Waals surface area contributed by atoms with Gasteiger partial charge in [-0.05, 0) is 35.4 Å². The Morgan fingerprint density at radius 2 is 1.85 bits per heavy atom. The molecule has 3 rings (SSSR count). The molecule has 3 aromatic rings. The summed E-state index contributed by atoms with van der Waals surface area (Å²) in [5.41, 5.74) is 2.76. The van der Waals surface area contributed by atoms with Gasteiger partial charge in [-0.2, -0.15) is 5.26 Å². The van der Waals surface area contributed by atoms with Crippen LogP contribution in [0.25, 0.3) is 10.2 Å². The molecule has 0 aliphatic rings. The first-order chi connectivity index (χ1) is 9.67. The van der Waals surface area contributed by atoms with E-state index in [4.69, 9.17) is 5.26 Å². The van der Waals surface area contributed by atoms with Crippen LogP contribution in [0, 0.1) is 11.3 Å². The fourth-order valence-corrected chi connectivity index (χ4v) is 2.85. The van der Waals surface area contributed by atoms with E-state index in [0.29, 0.717) is 11.1 Å². The molecule has 0 amide bonds. The maximum Gasteiger partial charge on any atom is 0.305 e. The highest BCUT2D eigenvalue weighted by atomic mass is 32.1. The summed E-state index contributed by atoms with van der Waals surface area (Å²) in [6.07, 6.45) is -0.774. The van der Waals surface area contributed by atoms with Crippen molar-refractivity contribution in [3.8, 4) is 6.07 Å². The van der Waals surface area contributed by atoms with Crippen molar-refractivity contribution < 1.29 is 5.11 Å². The Labute approximate surface area is 118 Å². The SMILES string of the molecule is N#Cc1ccc(C(O)c2ccc3[nH]c(=O)sc3c2)cc1. The summed E-state index contributed by atoms with van der Waals surface area (Å²) in [4.78, 5) is 13.9. The number of hydrogen-bond acceptors (Lipinski definition) is 4. The van der Waals surface area contributed by atoms with E-state index in [1.165, 1.54) is 0 Å². The van der Waals surface area contributed by atoms with Gasteiger partial charge in [-0.15, -0.1) is 0 Å². The molecule has 5 heteroatoms. The Kier molecular flexibility index (Phi) is 3.11. The topological polar surface area (TPSA) is 76.9 Å². The maximum absolute atomic E-state index is 11.3. The number of H-pyrrole nitrogens is 1. The van der Waals surface area contributed by atoms with E-state index in [-0.39, 0.29) is 4.87 Å². The van der Waals surface area contributed by atoms with Gasteiger partial charge >= 0.3 is 4.87 Å². The molecule has 1 unspecified atom stereocenters. The van der Waals surface area contributed by atoms with Crippen molar-refractivity contribution in [1.29, 1.82) is 5.26 Å². The standard InChI is InChI=1S/C15H10N2O2S/c16-8-9-1-3-10(4-2-9)14(18)11-5-6-12-13(7-11)20-15(19)17-12/h1-7,14,18H,(H,17,19). The third kappa shape index (κ3) is 2.23. The Morgan fingerprint density at radius 3 is 2.55 bits per heavy atom. The number of benzene rings is 2. The fourth-order valence-electron chi connectivity index (χ4n) is 2.06. The van der Waals surface area contributed by atoms with E-state index in [1.54, 1.807) is 42.5 Å². The first-order valence-corrected chi connectivity index (χ1v) is 6.80. The van der Waals surface area contributed by atoms with Crippen LogP contribution in [0.4, 0.5) is 0 Å². The van der Waals surface area contributed by atoms with Crippen LogP contribution in [0.5, 0.6) is 0 Å². The van der Waals surface area contributed by atoms with Crippen LogP contribution in [-0.2, 0) is 0 Å². The number of hydrogen-bond donors (Lipinski definition) is 2. The van der Waals surface area contributed by atoms with Gasteiger partial charge in [0.05, 0.1) is 21.8 Å². The molecule has 0 bridgehead atoms. The van der Waals surface area contributed by atoms with E-state index in [2.05, 4.69) is 4.98 Å². The molecule has 1 heterocycles. The lowest BCUT2D eigenvalue weighted by atomic mass is 10.0. The minimum absolute atomic E-state index is 0.106. The first kappa shape index (κ1) is 12.6. The Balaban J connectivity index is 2.00. The molecule has 0 aliphatic carbocycles. The van der Waals surface area contributed by atoms with Crippen LogP contribution in [0.1, 0.15) is 22.8 Å². The Morgan fingerprint density at radius 1 is 1.15 bits per heavy atom. The molecular weight excluding hydrogens is 272 g/mol. The number of aliphatic hydroxyl groups is 1. The smallest absolute Gasteiger partial charge is 0.305 e. The van der Waals surface area contributed by atoms with Gasteiger partial charge in [-0.3, -0.25) is 4.79 Å². The molecule has 0 radical (unpaired) electrons. The van der Waals surface area contributed by atoms with Gasteiger partial charge in [-0.25, -0.2) is 0 Å². The van der Waals surface area contributed by atoms with Crippen molar-refractivity contribution in [2.45, 2.75) is 6.10 Å². The monoisotopic (exact) mass is 282 g/mol. The number of nitriles is 1. The average Bonchev–Trinajstić information content (AvgIpc) is 2.85. The second-order valence-electron chi connectivity index (χ2n) is 4.41. The summed E-state index contributed by atoms with van der Waals surface area (Å²) in [5, 5.41) is 19.1. The molecule has 0 saturated heterocycles. The zero-order valence-electron chi connectivity index (χ0n) is 10.3. The second-order valence-corrected chi connectivity index (χ2v) is 5.42. The van der Waals surface area contributed by atoms with Gasteiger partial charge in [0.15, 0.2) is 0 Å². The van der Waals surface area contributed by atoms with Crippen molar-refractivity contribution in [2.24, 2.45) is 0 Å². The number of aromatic amines is 1. The van der Waals surface area contributed by atoms with E-state index < -0.39 is 6.10 Å². The minimum atomic E-state index is -0.774. The molecule has 4 nitrogen and oxygen atoms in total. The predicted molar refractivity (Wildman–Crippen MR) is 77.7 cm³/mol. The van der Waals surface area contributed by atoms with Crippen LogP contribution in [0.3, 0.4) is 0 Å². The van der Waals surface area contributed by atoms with E-state index in [1.807, 2.05) is 6.07 Å². The number of nitrogens with zero attached hydrogens (tertiary/aromatic N) is 1.